The van der Waals surface area contributed by atoms with E-state index in [1.807, 2.05) is 0 Å². The largest absolute Gasteiger partial charge is 0.0616 e. The van der Waals surface area contributed by atoms with Crippen molar-refractivity contribution in [2.75, 3.05) is 0 Å². The summed E-state index contributed by atoms with van der Waals surface area (Å²) in [6, 6.07) is 36.1. The van der Waals surface area contributed by atoms with E-state index in [1.54, 1.807) is 0 Å². The fourth-order valence-corrected chi connectivity index (χ4v) is 6.49. The second-order valence-electron chi connectivity index (χ2n) is 10.6. The van der Waals surface area contributed by atoms with Crippen LogP contribution in [0, 0.1) is 5.41 Å². The van der Waals surface area contributed by atoms with Crippen LogP contribution in [0.2, 0.25) is 0 Å². The van der Waals surface area contributed by atoms with Gasteiger partial charge in [-0.1, -0.05) is 118 Å². The van der Waals surface area contributed by atoms with Crippen LogP contribution in [0.4, 0.5) is 0 Å². The molecule has 6 aromatic rings. The number of hydrogen-bond donors (Lipinski definition) is 0. The predicted molar refractivity (Wildman–Crippen MR) is 143 cm³/mol. The highest BCUT2D eigenvalue weighted by Gasteiger charge is 2.41. The van der Waals surface area contributed by atoms with Gasteiger partial charge in [0.1, 0.15) is 0 Å². The van der Waals surface area contributed by atoms with Gasteiger partial charge in [-0.3, -0.25) is 0 Å². The van der Waals surface area contributed by atoms with E-state index in [0.717, 1.165) is 0 Å². The zero-order chi connectivity index (χ0) is 22.3. The molecule has 0 aromatic heterocycles. The molecule has 6 aromatic carbocycles. The van der Waals surface area contributed by atoms with Gasteiger partial charge in [-0.25, -0.2) is 0 Å². The molecule has 0 bridgehead atoms. The van der Waals surface area contributed by atoms with E-state index >= 15 is 0 Å². The molecule has 0 N–H and O–H groups in total. The first kappa shape index (κ1) is 18.9. The first-order valence-corrected chi connectivity index (χ1v) is 11.9. The minimum atomic E-state index is 0.0798. The van der Waals surface area contributed by atoms with Crippen LogP contribution >= 0.6 is 0 Å². The first-order valence-electron chi connectivity index (χ1n) is 11.9. The molecule has 1 aliphatic carbocycles. The zero-order valence-corrected chi connectivity index (χ0v) is 19.3. The molecule has 0 heterocycles. The summed E-state index contributed by atoms with van der Waals surface area (Å²) in [6.45, 7) is 7.22. The maximum Gasteiger partial charge on any atom is 0.0163 e. The molecule has 0 aliphatic heterocycles. The molecule has 0 unspecified atom stereocenters. The number of fused-ring (bicyclic) bond motifs is 13. The van der Waals surface area contributed by atoms with Gasteiger partial charge in [-0.05, 0) is 70.8 Å². The van der Waals surface area contributed by atoms with Gasteiger partial charge in [-0.15, -0.1) is 0 Å². The smallest absolute Gasteiger partial charge is 0.0163 e. The van der Waals surface area contributed by atoms with Gasteiger partial charge in [-0.2, -0.15) is 0 Å². The highest BCUT2D eigenvalue weighted by molar-refractivity contribution is 6.25. The van der Waals surface area contributed by atoms with Crippen LogP contribution < -0.4 is 0 Å². The Morgan fingerprint density at radius 2 is 0.667 bits per heavy atom. The summed E-state index contributed by atoms with van der Waals surface area (Å²) in [7, 11) is 0. The Kier molecular flexibility index (Phi) is 3.69. The number of benzene rings is 6. The second kappa shape index (κ2) is 6.45. The lowest BCUT2D eigenvalue weighted by Gasteiger charge is -2.31. The molecule has 33 heavy (non-hydrogen) atoms. The normalized spacial score (nSPS) is 13.8. The topological polar surface area (TPSA) is 0 Å². The van der Waals surface area contributed by atoms with Gasteiger partial charge < -0.3 is 0 Å². The summed E-state index contributed by atoms with van der Waals surface area (Å²) in [5.74, 6) is 0.325. The summed E-state index contributed by atoms with van der Waals surface area (Å²) >= 11 is 0. The quantitative estimate of drug-likeness (QED) is 0.214. The summed E-state index contributed by atoms with van der Waals surface area (Å²) in [4.78, 5) is 0. The SMILES string of the molecule is CC(C)(C)C1c2c(c3ccccc3c3ccccc23)-c2c1c1ccccc1c1ccccc21. The van der Waals surface area contributed by atoms with Gasteiger partial charge in [0, 0.05) is 5.92 Å². The summed E-state index contributed by atoms with van der Waals surface area (Å²) in [6.07, 6.45) is 0. The van der Waals surface area contributed by atoms with Crippen molar-refractivity contribution in [3.05, 3.63) is 108 Å². The molecule has 0 nitrogen and oxygen atoms in total. The highest BCUT2D eigenvalue weighted by Crippen LogP contribution is 2.60. The maximum absolute atomic E-state index is 2.41. The standard InChI is InChI=1S/C33H26/c1-33(2,3)32-30-26-18-10-6-14-22(26)20-12-4-8-16-24(20)28(30)29-25-17-9-5-13-21(25)23-15-7-11-19-27(23)31(29)32/h4-19,32H,1-3H3. The minimum absolute atomic E-state index is 0.0798. The summed E-state index contributed by atoms with van der Waals surface area (Å²) in [5, 5.41) is 11.0. The third kappa shape index (κ3) is 2.41. The predicted octanol–water partition coefficient (Wildman–Crippen LogP) is 9.46. The molecule has 0 saturated carbocycles. The Balaban J connectivity index is 1.84. The highest BCUT2D eigenvalue weighted by atomic mass is 14.4. The van der Waals surface area contributed by atoms with Crippen molar-refractivity contribution in [1.82, 2.24) is 0 Å². The molecule has 7 rings (SSSR count). The second-order valence-corrected chi connectivity index (χ2v) is 10.6. The fourth-order valence-electron chi connectivity index (χ4n) is 6.49. The van der Waals surface area contributed by atoms with Crippen molar-refractivity contribution < 1.29 is 0 Å². The van der Waals surface area contributed by atoms with Gasteiger partial charge >= 0.3 is 0 Å². The summed E-state index contributed by atoms with van der Waals surface area (Å²) in [5.41, 5.74) is 5.99. The van der Waals surface area contributed by atoms with Crippen molar-refractivity contribution >= 4 is 43.1 Å². The van der Waals surface area contributed by atoms with Gasteiger partial charge in [0.15, 0.2) is 0 Å². The van der Waals surface area contributed by atoms with E-state index in [1.165, 1.54) is 65.3 Å². The summed E-state index contributed by atoms with van der Waals surface area (Å²) < 4.78 is 0. The molecule has 0 saturated heterocycles. The van der Waals surface area contributed by atoms with Crippen molar-refractivity contribution in [3.63, 3.8) is 0 Å². The third-order valence-corrected chi connectivity index (χ3v) is 7.64. The molecule has 158 valence electrons. The molecule has 1 aliphatic rings. The Morgan fingerprint density at radius 1 is 0.394 bits per heavy atom. The first-order chi connectivity index (χ1) is 16.1. The van der Waals surface area contributed by atoms with E-state index < -0.39 is 0 Å². The van der Waals surface area contributed by atoms with E-state index in [9.17, 15) is 0 Å². The molecule has 0 atom stereocenters. The fraction of sp³-hybridized carbons (Fsp3) is 0.152. The van der Waals surface area contributed by atoms with Crippen LogP contribution in [-0.2, 0) is 0 Å². The van der Waals surface area contributed by atoms with Gasteiger partial charge in [0.2, 0.25) is 0 Å². The Bertz CT molecular complexity index is 1620. The lowest BCUT2D eigenvalue weighted by molar-refractivity contribution is 0.366. The molecule has 0 spiro atoms. The van der Waals surface area contributed by atoms with Gasteiger partial charge in [0.25, 0.3) is 0 Å². The van der Waals surface area contributed by atoms with Crippen molar-refractivity contribution in [2.24, 2.45) is 5.41 Å². The van der Waals surface area contributed by atoms with Crippen LogP contribution in [0.5, 0.6) is 0 Å². The van der Waals surface area contributed by atoms with E-state index in [4.69, 9.17) is 0 Å². The van der Waals surface area contributed by atoms with Crippen molar-refractivity contribution in [1.29, 1.82) is 0 Å². The Labute approximate surface area is 194 Å². The number of rotatable bonds is 0. The monoisotopic (exact) mass is 422 g/mol. The maximum atomic E-state index is 2.41. The lowest BCUT2D eigenvalue weighted by Crippen LogP contribution is -2.18. The van der Waals surface area contributed by atoms with Crippen LogP contribution in [-0.4, -0.2) is 0 Å². The van der Waals surface area contributed by atoms with Crippen LogP contribution in [0.3, 0.4) is 0 Å². The average Bonchev–Trinajstić information content (AvgIpc) is 3.22. The average molecular weight is 423 g/mol. The third-order valence-electron chi connectivity index (χ3n) is 7.64. The van der Waals surface area contributed by atoms with Gasteiger partial charge in [0.05, 0.1) is 0 Å². The lowest BCUT2D eigenvalue weighted by atomic mass is 9.72. The molecular formula is C33H26. The van der Waals surface area contributed by atoms with E-state index in [2.05, 4.69) is 118 Å². The Morgan fingerprint density at radius 3 is 1.00 bits per heavy atom. The number of hydrogen-bond acceptors (Lipinski definition) is 0. The van der Waals surface area contributed by atoms with Crippen molar-refractivity contribution in [2.45, 2.75) is 26.7 Å². The molecule has 0 radical (unpaired) electrons. The minimum Gasteiger partial charge on any atom is -0.0616 e. The molecule has 0 heteroatoms. The van der Waals surface area contributed by atoms with Crippen LogP contribution in [0.15, 0.2) is 97.1 Å². The van der Waals surface area contributed by atoms with Crippen LogP contribution in [0.1, 0.15) is 37.8 Å². The molecule has 0 fully saturated rings. The zero-order valence-electron chi connectivity index (χ0n) is 19.3. The van der Waals surface area contributed by atoms with Crippen molar-refractivity contribution in [3.8, 4) is 11.1 Å². The Hall–Kier alpha value is -3.64. The van der Waals surface area contributed by atoms with Crippen LogP contribution in [0.25, 0.3) is 54.2 Å². The molecule has 0 amide bonds. The molecular weight excluding hydrogens is 396 g/mol. The van der Waals surface area contributed by atoms with E-state index in [-0.39, 0.29) is 5.41 Å². The van der Waals surface area contributed by atoms with E-state index in [0.29, 0.717) is 5.92 Å².